The highest BCUT2D eigenvalue weighted by molar-refractivity contribution is 9.10. The number of rotatable bonds is 4. The minimum atomic E-state index is 0.0620. The van der Waals surface area contributed by atoms with Gasteiger partial charge in [-0.15, -0.1) is 0 Å². The maximum absolute atomic E-state index is 11.4. The second-order valence-electron chi connectivity index (χ2n) is 3.54. The average molecular weight is 259 g/mol. The van der Waals surface area contributed by atoms with Crippen LogP contribution in [0.15, 0.2) is 27.6 Å². The SMILES string of the molecule is CN(C)CCCn1cc(Br)ccc1=O. The van der Waals surface area contributed by atoms with Gasteiger partial charge in [0.05, 0.1) is 0 Å². The third kappa shape index (κ3) is 3.64. The van der Waals surface area contributed by atoms with E-state index in [-0.39, 0.29) is 5.56 Å². The minimum Gasteiger partial charge on any atom is -0.314 e. The molecular formula is C10H15BrN2O. The average Bonchev–Trinajstić information content (AvgIpc) is 2.10. The summed E-state index contributed by atoms with van der Waals surface area (Å²) in [7, 11) is 4.06. The molecule has 0 spiro atoms. The van der Waals surface area contributed by atoms with Crippen LogP contribution in [-0.4, -0.2) is 30.1 Å². The second-order valence-corrected chi connectivity index (χ2v) is 4.45. The van der Waals surface area contributed by atoms with E-state index in [1.807, 2.05) is 20.3 Å². The number of hydrogen-bond donors (Lipinski definition) is 0. The Morgan fingerprint density at radius 1 is 1.43 bits per heavy atom. The Morgan fingerprint density at radius 3 is 2.79 bits per heavy atom. The van der Waals surface area contributed by atoms with E-state index in [1.165, 1.54) is 0 Å². The smallest absolute Gasteiger partial charge is 0.250 e. The quantitative estimate of drug-likeness (QED) is 0.820. The summed E-state index contributed by atoms with van der Waals surface area (Å²) < 4.78 is 2.68. The Morgan fingerprint density at radius 2 is 2.14 bits per heavy atom. The first-order valence-electron chi connectivity index (χ1n) is 4.60. The van der Waals surface area contributed by atoms with E-state index in [4.69, 9.17) is 0 Å². The molecule has 0 amide bonds. The number of aromatic nitrogens is 1. The fourth-order valence-electron chi connectivity index (χ4n) is 1.23. The molecule has 3 nitrogen and oxygen atoms in total. The van der Waals surface area contributed by atoms with E-state index in [9.17, 15) is 4.79 Å². The van der Waals surface area contributed by atoms with Gasteiger partial charge in [0.2, 0.25) is 0 Å². The molecule has 0 fully saturated rings. The van der Waals surface area contributed by atoms with Gasteiger partial charge in [-0.25, -0.2) is 0 Å². The van der Waals surface area contributed by atoms with E-state index in [0.29, 0.717) is 0 Å². The molecule has 0 radical (unpaired) electrons. The van der Waals surface area contributed by atoms with Crippen molar-refractivity contribution in [1.82, 2.24) is 9.47 Å². The van der Waals surface area contributed by atoms with Gasteiger partial charge >= 0.3 is 0 Å². The van der Waals surface area contributed by atoms with E-state index >= 15 is 0 Å². The predicted octanol–water partition coefficient (Wildman–Crippen LogP) is 1.56. The van der Waals surface area contributed by atoms with Gasteiger partial charge in [-0.3, -0.25) is 4.79 Å². The Hall–Kier alpha value is -0.610. The molecule has 1 aromatic rings. The van der Waals surface area contributed by atoms with Crippen LogP contribution in [0.2, 0.25) is 0 Å². The molecule has 0 atom stereocenters. The normalized spacial score (nSPS) is 10.9. The van der Waals surface area contributed by atoms with Crippen LogP contribution in [0.5, 0.6) is 0 Å². The highest BCUT2D eigenvalue weighted by Gasteiger charge is 1.97. The predicted molar refractivity (Wildman–Crippen MR) is 61.6 cm³/mol. The first kappa shape index (κ1) is 11.5. The van der Waals surface area contributed by atoms with Crippen LogP contribution in [0, 0.1) is 0 Å². The molecule has 0 bridgehead atoms. The van der Waals surface area contributed by atoms with Gasteiger partial charge in [0, 0.05) is 23.3 Å². The zero-order valence-electron chi connectivity index (χ0n) is 8.53. The Labute approximate surface area is 92.5 Å². The van der Waals surface area contributed by atoms with Crippen molar-refractivity contribution in [2.75, 3.05) is 20.6 Å². The van der Waals surface area contributed by atoms with Crippen molar-refractivity contribution in [2.24, 2.45) is 0 Å². The molecule has 0 aromatic carbocycles. The summed E-state index contributed by atoms with van der Waals surface area (Å²) in [5.74, 6) is 0. The molecule has 1 heterocycles. The Bertz CT molecular complexity index is 346. The molecule has 0 saturated heterocycles. The number of halogens is 1. The first-order valence-corrected chi connectivity index (χ1v) is 5.39. The molecule has 0 saturated carbocycles. The molecule has 1 rings (SSSR count). The molecule has 1 aromatic heterocycles. The number of aryl methyl sites for hydroxylation is 1. The number of pyridine rings is 1. The lowest BCUT2D eigenvalue weighted by Crippen LogP contribution is -2.21. The van der Waals surface area contributed by atoms with Crippen molar-refractivity contribution in [1.29, 1.82) is 0 Å². The van der Waals surface area contributed by atoms with E-state index in [0.717, 1.165) is 24.0 Å². The van der Waals surface area contributed by atoms with Crippen LogP contribution >= 0.6 is 15.9 Å². The lowest BCUT2D eigenvalue weighted by Gasteiger charge is -2.10. The molecule has 78 valence electrons. The maximum Gasteiger partial charge on any atom is 0.250 e. The van der Waals surface area contributed by atoms with E-state index < -0.39 is 0 Å². The highest BCUT2D eigenvalue weighted by atomic mass is 79.9. The van der Waals surface area contributed by atoms with Gasteiger partial charge in [0.15, 0.2) is 0 Å². The van der Waals surface area contributed by atoms with Gasteiger partial charge < -0.3 is 9.47 Å². The first-order chi connectivity index (χ1) is 6.59. The largest absolute Gasteiger partial charge is 0.314 e. The maximum atomic E-state index is 11.4. The molecule has 4 heteroatoms. The van der Waals surface area contributed by atoms with Crippen molar-refractivity contribution < 1.29 is 0 Å². The van der Waals surface area contributed by atoms with Crippen molar-refractivity contribution in [3.63, 3.8) is 0 Å². The summed E-state index contributed by atoms with van der Waals surface area (Å²) in [6, 6.07) is 3.35. The molecule has 0 aliphatic carbocycles. The Kier molecular flexibility index (Phi) is 4.35. The van der Waals surface area contributed by atoms with E-state index in [1.54, 1.807) is 16.7 Å². The van der Waals surface area contributed by atoms with Crippen LogP contribution in [0.1, 0.15) is 6.42 Å². The highest BCUT2D eigenvalue weighted by Crippen LogP contribution is 2.05. The number of nitrogens with zero attached hydrogens (tertiary/aromatic N) is 2. The summed E-state index contributed by atoms with van der Waals surface area (Å²) in [6.45, 7) is 1.77. The summed E-state index contributed by atoms with van der Waals surface area (Å²) in [5.41, 5.74) is 0.0620. The summed E-state index contributed by atoms with van der Waals surface area (Å²) in [4.78, 5) is 13.5. The van der Waals surface area contributed by atoms with Gasteiger partial charge in [-0.2, -0.15) is 0 Å². The van der Waals surface area contributed by atoms with Crippen molar-refractivity contribution in [3.8, 4) is 0 Å². The minimum absolute atomic E-state index is 0.0620. The number of hydrogen-bond acceptors (Lipinski definition) is 2. The van der Waals surface area contributed by atoms with Gasteiger partial charge in [-0.05, 0) is 49.1 Å². The van der Waals surface area contributed by atoms with Crippen LogP contribution in [0.25, 0.3) is 0 Å². The summed E-state index contributed by atoms with van der Waals surface area (Å²) in [5, 5.41) is 0. The second kappa shape index (κ2) is 5.32. The van der Waals surface area contributed by atoms with Crippen molar-refractivity contribution >= 4 is 15.9 Å². The zero-order valence-corrected chi connectivity index (χ0v) is 10.1. The fraction of sp³-hybridized carbons (Fsp3) is 0.500. The molecular weight excluding hydrogens is 244 g/mol. The van der Waals surface area contributed by atoms with Gasteiger partial charge in [-0.1, -0.05) is 0 Å². The Balaban J connectivity index is 2.58. The molecule has 0 unspecified atom stereocenters. The monoisotopic (exact) mass is 258 g/mol. The molecule has 0 aliphatic rings. The molecule has 0 aliphatic heterocycles. The summed E-state index contributed by atoms with van der Waals surface area (Å²) >= 11 is 3.35. The van der Waals surface area contributed by atoms with Gasteiger partial charge in [0.1, 0.15) is 0 Å². The summed E-state index contributed by atoms with van der Waals surface area (Å²) in [6.07, 6.45) is 2.82. The van der Waals surface area contributed by atoms with Crippen LogP contribution in [-0.2, 0) is 6.54 Å². The zero-order chi connectivity index (χ0) is 10.6. The fourth-order valence-corrected chi connectivity index (χ4v) is 1.61. The topological polar surface area (TPSA) is 25.2 Å². The third-order valence-corrected chi connectivity index (χ3v) is 2.42. The molecule has 0 N–H and O–H groups in total. The van der Waals surface area contributed by atoms with Crippen LogP contribution < -0.4 is 5.56 Å². The van der Waals surface area contributed by atoms with Crippen LogP contribution in [0.4, 0.5) is 0 Å². The van der Waals surface area contributed by atoms with Crippen molar-refractivity contribution in [3.05, 3.63) is 33.2 Å². The lowest BCUT2D eigenvalue weighted by atomic mass is 10.4. The molecule has 14 heavy (non-hydrogen) atoms. The third-order valence-electron chi connectivity index (χ3n) is 1.95. The van der Waals surface area contributed by atoms with Crippen LogP contribution in [0.3, 0.4) is 0 Å². The van der Waals surface area contributed by atoms with E-state index in [2.05, 4.69) is 20.8 Å². The standard InChI is InChI=1S/C10H15BrN2O/c1-12(2)6-3-7-13-8-9(11)4-5-10(13)14/h4-5,8H,3,6-7H2,1-2H3. The lowest BCUT2D eigenvalue weighted by molar-refractivity contribution is 0.385. The van der Waals surface area contributed by atoms with Gasteiger partial charge in [0.25, 0.3) is 5.56 Å². The van der Waals surface area contributed by atoms with Crippen molar-refractivity contribution in [2.45, 2.75) is 13.0 Å².